The van der Waals surface area contributed by atoms with Crippen LogP contribution in [0.15, 0.2) is 62.4 Å². The zero-order chi connectivity index (χ0) is 18.3. The lowest BCUT2D eigenvalue weighted by atomic mass is 10.1. The topological polar surface area (TPSA) is 68.3 Å². The van der Waals surface area contributed by atoms with Crippen LogP contribution in [0.3, 0.4) is 0 Å². The predicted molar refractivity (Wildman–Crippen MR) is 102 cm³/mol. The number of aromatic nitrogens is 1. The Bertz CT molecular complexity index is 1160. The molecule has 0 radical (unpaired) electrons. The lowest BCUT2D eigenvalue weighted by Crippen LogP contribution is -2.00. The molecule has 0 saturated heterocycles. The minimum Gasteiger partial charge on any atom is -0.439 e. The molecule has 0 bridgehead atoms. The number of nitrogens with one attached hydrogen (secondary N) is 1. The maximum atomic E-state index is 12.5. The highest BCUT2D eigenvalue weighted by atomic mass is 16.4. The largest absolute Gasteiger partial charge is 0.439 e. The first kappa shape index (κ1) is 16.1. The van der Waals surface area contributed by atoms with Gasteiger partial charge in [0.2, 0.25) is 5.88 Å². The van der Waals surface area contributed by atoms with Crippen molar-refractivity contribution < 1.29 is 8.83 Å². The van der Waals surface area contributed by atoms with Gasteiger partial charge in [0.05, 0.1) is 5.56 Å². The van der Waals surface area contributed by atoms with Crippen molar-refractivity contribution in [2.45, 2.75) is 20.8 Å². The van der Waals surface area contributed by atoms with E-state index in [0.29, 0.717) is 28.2 Å². The molecular formula is C21H18N2O3. The van der Waals surface area contributed by atoms with Crippen LogP contribution in [0.1, 0.15) is 16.9 Å². The lowest BCUT2D eigenvalue weighted by Gasteiger charge is -2.10. The Kier molecular flexibility index (Phi) is 3.84. The molecule has 1 aromatic carbocycles. The van der Waals surface area contributed by atoms with Gasteiger partial charge in [0.25, 0.3) is 0 Å². The van der Waals surface area contributed by atoms with Gasteiger partial charge in [-0.2, -0.15) is 0 Å². The predicted octanol–water partition coefficient (Wildman–Crippen LogP) is 5.12. The quantitative estimate of drug-likeness (QED) is 0.558. The van der Waals surface area contributed by atoms with Crippen LogP contribution < -0.4 is 10.9 Å². The normalized spacial score (nSPS) is 11.0. The summed E-state index contributed by atoms with van der Waals surface area (Å²) in [5, 5.41) is 3.74. The monoisotopic (exact) mass is 346 g/mol. The molecule has 0 fully saturated rings. The second-order valence-electron chi connectivity index (χ2n) is 6.38. The molecular weight excluding hydrogens is 328 g/mol. The van der Waals surface area contributed by atoms with Gasteiger partial charge in [-0.25, -0.2) is 4.79 Å². The molecule has 0 unspecified atom stereocenters. The average molecular weight is 346 g/mol. The number of nitrogens with zero attached hydrogens (tertiary/aromatic N) is 1. The molecule has 26 heavy (non-hydrogen) atoms. The second-order valence-corrected chi connectivity index (χ2v) is 6.38. The molecule has 130 valence electrons. The maximum Gasteiger partial charge on any atom is 0.347 e. The summed E-state index contributed by atoms with van der Waals surface area (Å²) in [7, 11) is 0. The molecule has 0 spiro atoms. The number of pyridine rings is 1. The number of rotatable bonds is 3. The third-order valence-corrected chi connectivity index (χ3v) is 4.31. The zero-order valence-electron chi connectivity index (χ0n) is 14.8. The van der Waals surface area contributed by atoms with Gasteiger partial charge in [-0.15, -0.1) is 0 Å². The molecule has 4 aromatic rings. The summed E-state index contributed by atoms with van der Waals surface area (Å²) in [6.07, 6.45) is 3.40. The smallest absolute Gasteiger partial charge is 0.347 e. The van der Waals surface area contributed by atoms with E-state index in [0.717, 1.165) is 16.8 Å². The Morgan fingerprint density at radius 1 is 1.04 bits per heavy atom. The van der Waals surface area contributed by atoms with Gasteiger partial charge in [0.15, 0.2) is 0 Å². The van der Waals surface area contributed by atoms with Gasteiger partial charge in [-0.05, 0) is 38.5 Å². The van der Waals surface area contributed by atoms with Crippen LogP contribution in [0, 0.1) is 20.8 Å². The summed E-state index contributed by atoms with van der Waals surface area (Å²) in [4.78, 5) is 16.7. The van der Waals surface area contributed by atoms with Crippen molar-refractivity contribution in [1.29, 1.82) is 0 Å². The summed E-state index contributed by atoms with van der Waals surface area (Å²) in [5.74, 6) is 1.00. The number of benzene rings is 1. The van der Waals surface area contributed by atoms with Crippen LogP contribution in [0.4, 0.5) is 11.6 Å². The van der Waals surface area contributed by atoms with E-state index in [1.165, 1.54) is 5.56 Å². The van der Waals surface area contributed by atoms with E-state index in [4.69, 9.17) is 8.83 Å². The van der Waals surface area contributed by atoms with E-state index >= 15 is 0 Å². The average Bonchev–Trinajstić information content (AvgIpc) is 2.96. The Hall–Kier alpha value is -3.34. The van der Waals surface area contributed by atoms with Crippen molar-refractivity contribution in [3.63, 3.8) is 0 Å². The number of furan rings is 1. The van der Waals surface area contributed by atoms with Crippen LogP contribution in [0.2, 0.25) is 0 Å². The van der Waals surface area contributed by atoms with Gasteiger partial charge in [0, 0.05) is 29.7 Å². The van der Waals surface area contributed by atoms with Gasteiger partial charge in [-0.1, -0.05) is 23.8 Å². The van der Waals surface area contributed by atoms with E-state index in [1.54, 1.807) is 25.4 Å². The molecule has 0 saturated carbocycles. The molecule has 5 nitrogen and oxygen atoms in total. The molecule has 0 aliphatic heterocycles. The number of hydrogen-bond donors (Lipinski definition) is 1. The summed E-state index contributed by atoms with van der Waals surface area (Å²) < 4.78 is 11.3. The van der Waals surface area contributed by atoms with Crippen molar-refractivity contribution in [2.75, 3.05) is 5.32 Å². The van der Waals surface area contributed by atoms with Crippen molar-refractivity contribution in [3.05, 3.63) is 76.1 Å². The zero-order valence-corrected chi connectivity index (χ0v) is 14.8. The summed E-state index contributed by atoms with van der Waals surface area (Å²) >= 11 is 0. The SMILES string of the molecule is Cc1ccc(Nc2oc3cc(C)oc(=O)c3c2-c2cccnc2)c(C)c1. The highest BCUT2D eigenvalue weighted by Gasteiger charge is 2.21. The van der Waals surface area contributed by atoms with Gasteiger partial charge in [-0.3, -0.25) is 4.98 Å². The van der Waals surface area contributed by atoms with E-state index in [9.17, 15) is 4.79 Å². The fourth-order valence-electron chi connectivity index (χ4n) is 3.11. The van der Waals surface area contributed by atoms with E-state index < -0.39 is 5.63 Å². The molecule has 0 atom stereocenters. The third kappa shape index (κ3) is 2.77. The van der Waals surface area contributed by atoms with E-state index in [2.05, 4.69) is 16.4 Å². The minimum atomic E-state index is -0.420. The Balaban J connectivity index is 1.96. The van der Waals surface area contributed by atoms with Gasteiger partial charge < -0.3 is 14.2 Å². The summed E-state index contributed by atoms with van der Waals surface area (Å²) in [6, 6.07) is 11.6. The van der Waals surface area contributed by atoms with Crippen molar-refractivity contribution in [2.24, 2.45) is 0 Å². The van der Waals surface area contributed by atoms with Crippen LogP contribution in [-0.4, -0.2) is 4.98 Å². The fraction of sp³-hybridized carbons (Fsp3) is 0.143. The Morgan fingerprint density at radius 3 is 2.62 bits per heavy atom. The molecule has 4 rings (SSSR count). The van der Waals surface area contributed by atoms with Crippen molar-refractivity contribution >= 4 is 22.5 Å². The van der Waals surface area contributed by atoms with E-state index in [-0.39, 0.29) is 0 Å². The first-order valence-electron chi connectivity index (χ1n) is 8.35. The van der Waals surface area contributed by atoms with Crippen molar-refractivity contribution in [3.8, 4) is 11.1 Å². The van der Waals surface area contributed by atoms with Gasteiger partial charge in [0.1, 0.15) is 16.7 Å². The lowest BCUT2D eigenvalue weighted by molar-refractivity contribution is 0.485. The summed E-state index contributed by atoms with van der Waals surface area (Å²) in [6.45, 7) is 5.80. The number of aryl methyl sites for hydroxylation is 3. The molecule has 0 amide bonds. The Morgan fingerprint density at radius 2 is 1.88 bits per heavy atom. The molecule has 0 aliphatic rings. The highest BCUT2D eigenvalue weighted by Crippen LogP contribution is 2.38. The number of hydrogen-bond acceptors (Lipinski definition) is 5. The van der Waals surface area contributed by atoms with E-state index in [1.807, 2.05) is 38.1 Å². The van der Waals surface area contributed by atoms with Crippen molar-refractivity contribution in [1.82, 2.24) is 4.98 Å². The Labute approximate surface area is 150 Å². The minimum absolute atomic E-state index is 0.413. The highest BCUT2D eigenvalue weighted by molar-refractivity contribution is 6.00. The number of fused-ring (bicyclic) bond motifs is 1. The number of anilines is 2. The molecule has 0 aliphatic carbocycles. The first-order valence-corrected chi connectivity index (χ1v) is 8.35. The molecule has 3 aromatic heterocycles. The van der Waals surface area contributed by atoms with Crippen LogP contribution in [0.5, 0.6) is 0 Å². The third-order valence-electron chi connectivity index (χ3n) is 4.31. The maximum absolute atomic E-state index is 12.5. The molecule has 1 N–H and O–H groups in total. The first-order chi connectivity index (χ1) is 12.5. The second kappa shape index (κ2) is 6.19. The van der Waals surface area contributed by atoms with Crippen LogP contribution in [0.25, 0.3) is 22.1 Å². The summed E-state index contributed by atoms with van der Waals surface area (Å²) in [5.41, 5.74) is 4.70. The van der Waals surface area contributed by atoms with Crippen LogP contribution >= 0.6 is 0 Å². The van der Waals surface area contributed by atoms with Crippen LogP contribution in [-0.2, 0) is 0 Å². The fourth-order valence-corrected chi connectivity index (χ4v) is 3.11. The van der Waals surface area contributed by atoms with Gasteiger partial charge >= 0.3 is 5.63 Å². The molecule has 5 heteroatoms. The standard InChI is InChI=1S/C21H18N2O3/c1-12-6-7-16(13(2)9-12)23-20-18(15-5-4-8-22-11-15)19-17(26-20)10-14(3)25-21(19)24/h4-11,23H,1-3H3. The molecule has 3 heterocycles.